The molecule has 0 aliphatic heterocycles. The minimum atomic E-state index is -0.229. The number of rotatable bonds is 8. The van der Waals surface area contributed by atoms with Gasteiger partial charge in [-0.05, 0) is 36.0 Å². The normalized spacial score (nSPS) is 11.2. The maximum Gasteiger partial charge on any atom is 0.264 e. The molecule has 1 aromatic carbocycles. The molecule has 0 aliphatic carbocycles. The van der Waals surface area contributed by atoms with Gasteiger partial charge in [-0.3, -0.25) is 10.1 Å². The van der Waals surface area contributed by atoms with Crippen molar-refractivity contribution in [1.29, 1.82) is 0 Å². The number of carbonyl (C=O) groups is 1. The van der Waals surface area contributed by atoms with E-state index in [1.54, 1.807) is 11.8 Å². The molecular formula is C18H25N3O2S2. The van der Waals surface area contributed by atoms with Crippen molar-refractivity contribution in [2.45, 2.75) is 44.9 Å². The first-order chi connectivity index (χ1) is 11.8. The molecule has 1 amide bonds. The number of thioether (sulfide) groups is 1. The topological polar surface area (TPSA) is 64.1 Å². The molecule has 0 radical (unpaired) electrons. The van der Waals surface area contributed by atoms with E-state index >= 15 is 0 Å². The highest BCUT2D eigenvalue weighted by Crippen LogP contribution is 2.28. The Bertz CT molecular complexity index is 714. The molecule has 1 heterocycles. The number of aryl methyl sites for hydroxylation is 1. The molecule has 25 heavy (non-hydrogen) atoms. The van der Waals surface area contributed by atoms with E-state index in [0.717, 1.165) is 27.0 Å². The molecule has 1 aromatic heterocycles. The van der Waals surface area contributed by atoms with Crippen LogP contribution in [0, 0.1) is 12.8 Å². The van der Waals surface area contributed by atoms with E-state index in [1.807, 2.05) is 13.0 Å². The molecule has 0 atom stereocenters. The van der Waals surface area contributed by atoms with Crippen LogP contribution in [-0.4, -0.2) is 28.5 Å². The number of nitrogens with zero attached hydrogens (tertiary/aromatic N) is 2. The van der Waals surface area contributed by atoms with Gasteiger partial charge in [-0.15, -0.1) is 10.2 Å². The minimum Gasteiger partial charge on any atom is -0.483 e. The summed E-state index contributed by atoms with van der Waals surface area (Å²) in [4.78, 5) is 12.1. The van der Waals surface area contributed by atoms with Crippen molar-refractivity contribution in [1.82, 2.24) is 10.2 Å². The van der Waals surface area contributed by atoms with Crippen LogP contribution in [0.1, 0.15) is 44.7 Å². The van der Waals surface area contributed by atoms with Crippen LogP contribution in [0.2, 0.25) is 0 Å². The summed E-state index contributed by atoms with van der Waals surface area (Å²) in [6.07, 6.45) is 0. The van der Waals surface area contributed by atoms with Gasteiger partial charge in [0.1, 0.15) is 5.75 Å². The van der Waals surface area contributed by atoms with Gasteiger partial charge in [0, 0.05) is 5.75 Å². The molecule has 1 N–H and O–H groups in total. The van der Waals surface area contributed by atoms with E-state index in [9.17, 15) is 4.79 Å². The number of aromatic nitrogens is 2. The van der Waals surface area contributed by atoms with E-state index in [0.29, 0.717) is 17.0 Å². The SMILES string of the molecule is Cc1ccc(C(C)C)c(OCC(=O)Nc2nnc(SCC(C)C)s2)c1. The molecule has 2 aromatic rings. The molecule has 2 rings (SSSR count). The number of hydrogen-bond acceptors (Lipinski definition) is 6. The van der Waals surface area contributed by atoms with Crippen LogP contribution in [0.25, 0.3) is 0 Å². The number of ether oxygens (including phenoxy) is 1. The number of hydrogen-bond donors (Lipinski definition) is 1. The molecule has 5 nitrogen and oxygen atoms in total. The molecule has 136 valence electrons. The average Bonchev–Trinajstić information content (AvgIpc) is 2.98. The average molecular weight is 380 g/mol. The van der Waals surface area contributed by atoms with Crippen LogP contribution in [-0.2, 0) is 4.79 Å². The third-order valence-electron chi connectivity index (χ3n) is 3.34. The third kappa shape index (κ3) is 6.32. The quantitative estimate of drug-likeness (QED) is 0.530. The van der Waals surface area contributed by atoms with E-state index < -0.39 is 0 Å². The summed E-state index contributed by atoms with van der Waals surface area (Å²) in [6, 6.07) is 6.07. The lowest BCUT2D eigenvalue weighted by atomic mass is 10.0. The highest BCUT2D eigenvalue weighted by atomic mass is 32.2. The van der Waals surface area contributed by atoms with Crippen LogP contribution in [0.4, 0.5) is 5.13 Å². The van der Waals surface area contributed by atoms with E-state index in [2.05, 4.69) is 55.3 Å². The first-order valence-electron chi connectivity index (χ1n) is 8.34. The van der Waals surface area contributed by atoms with E-state index in [1.165, 1.54) is 11.3 Å². The maximum atomic E-state index is 12.1. The van der Waals surface area contributed by atoms with Gasteiger partial charge >= 0.3 is 0 Å². The van der Waals surface area contributed by atoms with Crippen molar-refractivity contribution in [3.63, 3.8) is 0 Å². The highest BCUT2D eigenvalue weighted by Gasteiger charge is 2.12. The Labute approximate surface area is 157 Å². The van der Waals surface area contributed by atoms with E-state index in [4.69, 9.17) is 4.74 Å². The molecule has 0 unspecified atom stereocenters. The number of anilines is 1. The van der Waals surface area contributed by atoms with Crippen LogP contribution in [0.15, 0.2) is 22.5 Å². The lowest BCUT2D eigenvalue weighted by Gasteiger charge is -2.14. The fourth-order valence-electron chi connectivity index (χ4n) is 2.10. The summed E-state index contributed by atoms with van der Waals surface area (Å²) in [7, 11) is 0. The van der Waals surface area contributed by atoms with Gasteiger partial charge in [-0.25, -0.2) is 0 Å². The lowest BCUT2D eigenvalue weighted by Crippen LogP contribution is -2.20. The molecule has 0 spiro atoms. The van der Waals surface area contributed by atoms with Crippen molar-refractivity contribution in [2.75, 3.05) is 17.7 Å². The summed E-state index contributed by atoms with van der Waals surface area (Å²) in [6.45, 7) is 10.5. The van der Waals surface area contributed by atoms with Crippen LogP contribution < -0.4 is 10.1 Å². The molecular weight excluding hydrogens is 354 g/mol. The Balaban J connectivity index is 1.90. The van der Waals surface area contributed by atoms with Gasteiger partial charge < -0.3 is 4.74 Å². The number of amides is 1. The van der Waals surface area contributed by atoms with Crippen molar-refractivity contribution in [2.24, 2.45) is 5.92 Å². The zero-order valence-corrected chi connectivity index (χ0v) is 17.0. The molecule has 0 saturated carbocycles. The summed E-state index contributed by atoms with van der Waals surface area (Å²) in [5.41, 5.74) is 2.21. The van der Waals surface area contributed by atoms with Crippen molar-refractivity contribution in [3.05, 3.63) is 29.3 Å². The Morgan fingerprint density at radius 1 is 1.28 bits per heavy atom. The monoisotopic (exact) mass is 379 g/mol. The minimum absolute atomic E-state index is 0.0444. The van der Waals surface area contributed by atoms with Crippen LogP contribution in [0.5, 0.6) is 5.75 Å². The number of nitrogens with one attached hydrogen (secondary N) is 1. The van der Waals surface area contributed by atoms with Gasteiger partial charge in [0.25, 0.3) is 5.91 Å². The molecule has 0 aliphatic rings. The standard InChI is InChI=1S/C18H25N3O2S2/c1-11(2)10-24-18-21-20-17(25-18)19-16(22)9-23-15-8-13(5)6-7-14(15)12(3)4/h6-8,11-12H,9-10H2,1-5H3,(H,19,20,22). The van der Waals surface area contributed by atoms with Crippen molar-refractivity contribution < 1.29 is 9.53 Å². The summed E-state index contributed by atoms with van der Waals surface area (Å²) < 4.78 is 6.60. The lowest BCUT2D eigenvalue weighted by molar-refractivity contribution is -0.118. The molecule has 0 fully saturated rings. The predicted molar refractivity (Wildman–Crippen MR) is 105 cm³/mol. The smallest absolute Gasteiger partial charge is 0.264 e. The van der Waals surface area contributed by atoms with Gasteiger partial charge in [0.05, 0.1) is 0 Å². The second-order valence-corrected chi connectivity index (χ2v) is 8.86. The van der Waals surface area contributed by atoms with Gasteiger partial charge in [-0.1, -0.05) is 62.9 Å². The maximum absolute atomic E-state index is 12.1. The molecule has 0 bridgehead atoms. The Hall–Kier alpha value is -1.60. The third-order valence-corrected chi connectivity index (χ3v) is 5.74. The van der Waals surface area contributed by atoms with Crippen LogP contribution in [0.3, 0.4) is 0 Å². The van der Waals surface area contributed by atoms with Gasteiger partial charge in [0.2, 0.25) is 5.13 Å². The fraction of sp³-hybridized carbons (Fsp3) is 0.500. The number of carbonyl (C=O) groups excluding carboxylic acids is 1. The first-order valence-corrected chi connectivity index (χ1v) is 10.1. The zero-order chi connectivity index (χ0) is 18.4. The Kier molecular flexibility index (Phi) is 7.25. The summed E-state index contributed by atoms with van der Waals surface area (Å²) in [5, 5.41) is 11.4. The van der Waals surface area contributed by atoms with Crippen molar-refractivity contribution >= 4 is 34.1 Å². The number of benzene rings is 1. The predicted octanol–water partition coefficient (Wildman–Crippen LogP) is 4.74. The van der Waals surface area contributed by atoms with Gasteiger partial charge in [0.15, 0.2) is 10.9 Å². The first kappa shape index (κ1) is 19.7. The molecule has 7 heteroatoms. The molecule has 0 saturated heterocycles. The van der Waals surface area contributed by atoms with Crippen LogP contribution >= 0.6 is 23.1 Å². The zero-order valence-electron chi connectivity index (χ0n) is 15.3. The highest BCUT2D eigenvalue weighted by molar-refractivity contribution is 8.01. The fourth-order valence-corrected chi connectivity index (χ4v) is 3.84. The van der Waals surface area contributed by atoms with Crippen molar-refractivity contribution in [3.8, 4) is 5.75 Å². The Morgan fingerprint density at radius 2 is 2.04 bits per heavy atom. The summed E-state index contributed by atoms with van der Waals surface area (Å²) in [5.74, 6) is 2.44. The van der Waals surface area contributed by atoms with Gasteiger partial charge in [-0.2, -0.15) is 0 Å². The van der Waals surface area contributed by atoms with E-state index in [-0.39, 0.29) is 12.5 Å². The summed E-state index contributed by atoms with van der Waals surface area (Å²) >= 11 is 3.04. The second-order valence-electron chi connectivity index (χ2n) is 6.61. The second kappa shape index (κ2) is 9.20. The Morgan fingerprint density at radius 3 is 2.72 bits per heavy atom. The largest absolute Gasteiger partial charge is 0.483 e.